The normalized spacial score (nSPS) is 13.9. The van der Waals surface area contributed by atoms with E-state index in [1.54, 1.807) is 42.1 Å². The first-order valence-electron chi connectivity index (χ1n) is 7.59. The number of hydrogen-bond donors (Lipinski definition) is 2. The van der Waals surface area contributed by atoms with Gasteiger partial charge >= 0.3 is 0 Å². The van der Waals surface area contributed by atoms with Crippen LogP contribution in [0.4, 0.5) is 0 Å². The topological polar surface area (TPSA) is 67.2 Å². The van der Waals surface area contributed by atoms with E-state index in [0.29, 0.717) is 16.1 Å². The Kier molecular flexibility index (Phi) is 5.44. The van der Waals surface area contributed by atoms with Crippen LogP contribution >= 0.6 is 11.6 Å². The van der Waals surface area contributed by atoms with Gasteiger partial charge in [0.1, 0.15) is 0 Å². The predicted octanol–water partition coefficient (Wildman–Crippen LogP) is 3.28. The van der Waals surface area contributed by atoms with Gasteiger partial charge in [-0.3, -0.25) is 9.48 Å². The molecule has 1 aromatic heterocycles. The summed E-state index contributed by atoms with van der Waals surface area (Å²) in [5, 5.41) is 18.0. The molecule has 0 bridgehead atoms. The van der Waals surface area contributed by atoms with Crippen molar-refractivity contribution in [2.75, 3.05) is 0 Å². The average Bonchev–Trinajstić information content (AvgIpc) is 2.89. The van der Waals surface area contributed by atoms with E-state index in [1.165, 1.54) is 0 Å². The van der Waals surface area contributed by atoms with E-state index in [-0.39, 0.29) is 11.9 Å². The van der Waals surface area contributed by atoms with Crippen molar-refractivity contribution in [1.82, 2.24) is 15.1 Å². The van der Waals surface area contributed by atoms with E-state index < -0.39 is 12.1 Å². The minimum Gasteiger partial charge on any atom is -0.386 e. The number of hydrogen-bond acceptors (Lipinski definition) is 3. The molecule has 23 heavy (non-hydrogen) atoms. The first-order chi connectivity index (χ1) is 10.8. The molecule has 0 aliphatic carbocycles. The first kappa shape index (κ1) is 17.5. The van der Waals surface area contributed by atoms with Crippen LogP contribution in [0.2, 0.25) is 5.02 Å². The number of rotatable bonds is 5. The maximum atomic E-state index is 12.4. The molecule has 0 saturated heterocycles. The maximum absolute atomic E-state index is 12.4. The van der Waals surface area contributed by atoms with Crippen molar-refractivity contribution in [2.24, 2.45) is 0 Å². The fraction of sp³-hybridized carbons (Fsp3) is 0.412. The summed E-state index contributed by atoms with van der Waals surface area (Å²) >= 11 is 5.84. The number of amides is 1. The summed E-state index contributed by atoms with van der Waals surface area (Å²) in [6, 6.07) is 6.67. The predicted molar refractivity (Wildman–Crippen MR) is 90.7 cm³/mol. The van der Waals surface area contributed by atoms with Gasteiger partial charge in [0.2, 0.25) is 0 Å². The molecule has 0 radical (unpaired) electrons. The van der Waals surface area contributed by atoms with Gasteiger partial charge in [0.05, 0.1) is 23.9 Å². The highest BCUT2D eigenvalue weighted by molar-refractivity contribution is 6.30. The molecule has 0 fully saturated rings. The lowest BCUT2D eigenvalue weighted by Gasteiger charge is -2.20. The molecule has 2 aromatic rings. The van der Waals surface area contributed by atoms with Gasteiger partial charge in [-0.25, -0.2) is 0 Å². The second kappa shape index (κ2) is 7.15. The molecule has 6 heteroatoms. The van der Waals surface area contributed by atoms with Gasteiger partial charge in [0, 0.05) is 16.8 Å². The molecule has 0 aliphatic heterocycles. The van der Waals surface area contributed by atoms with Gasteiger partial charge in [-0.1, -0.05) is 23.7 Å². The van der Waals surface area contributed by atoms with Gasteiger partial charge in [-0.2, -0.15) is 5.10 Å². The largest absolute Gasteiger partial charge is 0.386 e. The molecule has 124 valence electrons. The molecule has 1 heterocycles. The van der Waals surface area contributed by atoms with Gasteiger partial charge in [-0.05, 0) is 45.4 Å². The standard InChI is InChI=1S/C17H22ClN3O2/c1-10(2)21-12(4)15(9-19-21)17(23)20-11(3)16(22)13-5-7-14(18)8-6-13/h5-11,16,22H,1-4H3,(H,20,23). The minimum absolute atomic E-state index is 0.189. The summed E-state index contributed by atoms with van der Waals surface area (Å²) in [6.45, 7) is 7.64. The highest BCUT2D eigenvalue weighted by Gasteiger charge is 2.22. The third kappa shape index (κ3) is 3.92. The fourth-order valence-electron chi connectivity index (χ4n) is 2.48. The van der Waals surface area contributed by atoms with Crippen molar-refractivity contribution in [3.05, 3.63) is 52.3 Å². The number of aromatic nitrogens is 2. The Balaban J connectivity index is 2.09. The molecule has 2 N–H and O–H groups in total. The molecule has 1 amide bonds. The van der Waals surface area contributed by atoms with Crippen molar-refractivity contribution < 1.29 is 9.90 Å². The van der Waals surface area contributed by atoms with Gasteiger partial charge in [-0.15, -0.1) is 0 Å². The van der Waals surface area contributed by atoms with Crippen LogP contribution < -0.4 is 5.32 Å². The number of carbonyl (C=O) groups is 1. The van der Waals surface area contributed by atoms with E-state index in [4.69, 9.17) is 11.6 Å². The van der Waals surface area contributed by atoms with Crippen LogP contribution in [-0.4, -0.2) is 26.8 Å². The van der Waals surface area contributed by atoms with Crippen molar-refractivity contribution in [3.63, 3.8) is 0 Å². The Morgan fingerprint density at radius 1 is 1.26 bits per heavy atom. The number of nitrogens with zero attached hydrogens (tertiary/aromatic N) is 2. The Labute approximate surface area is 141 Å². The first-order valence-corrected chi connectivity index (χ1v) is 7.97. The second-order valence-electron chi connectivity index (χ2n) is 5.94. The summed E-state index contributed by atoms with van der Waals surface area (Å²) in [4.78, 5) is 12.4. The lowest BCUT2D eigenvalue weighted by Crippen LogP contribution is -2.37. The molecule has 2 rings (SSSR count). The zero-order valence-corrected chi connectivity index (χ0v) is 14.5. The molecule has 0 saturated carbocycles. The average molecular weight is 336 g/mol. The highest BCUT2D eigenvalue weighted by atomic mass is 35.5. The number of nitrogens with one attached hydrogen (secondary N) is 1. The van der Waals surface area contributed by atoms with Crippen LogP contribution in [0.3, 0.4) is 0 Å². The molecule has 2 atom stereocenters. The molecule has 1 aromatic carbocycles. The number of benzene rings is 1. The monoisotopic (exact) mass is 335 g/mol. The van der Waals surface area contributed by atoms with Crippen LogP contribution in [-0.2, 0) is 0 Å². The summed E-state index contributed by atoms with van der Waals surface area (Å²) in [6.07, 6.45) is 0.753. The van der Waals surface area contributed by atoms with Crippen molar-refractivity contribution >= 4 is 17.5 Å². The molecular formula is C17H22ClN3O2. The van der Waals surface area contributed by atoms with Gasteiger partial charge in [0.25, 0.3) is 5.91 Å². The minimum atomic E-state index is -0.809. The van der Waals surface area contributed by atoms with E-state index in [2.05, 4.69) is 10.4 Å². The summed E-state index contributed by atoms with van der Waals surface area (Å²) in [5.74, 6) is -0.241. The maximum Gasteiger partial charge on any atom is 0.255 e. The number of halogens is 1. The van der Waals surface area contributed by atoms with Gasteiger partial charge in [0.15, 0.2) is 0 Å². The van der Waals surface area contributed by atoms with Crippen LogP contribution in [0.5, 0.6) is 0 Å². The van der Waals surface area contributed by atoms with E-state index >= 15 is 0 Å². The summed E-state index contributed by atoms with van der Waals surface area (Å²) in [7, 11) is 0. The molecule has 2 unspecified atom stereocenters. The molecule has 5 nitrogen and oxygen atoms in total. The third-order valence-corrected chi connectivity index (χ3v) is 4.07. The zero-order chi connectivity index (χ0) is 17.1. The van der Waals surface area contributed by atoms with Crippen LogP contribution in [0.25, 0.3) is 0 Å². The highest BCUT2D eigenvalue weighted by Crippen LogP contribution is 2.20. The van der Waals surface area contributed by atoms with E-state index in [0.717, 1.165) is 5.69 Å². The van der Waals surface area contributed by atoms with Crippen molar-refractivity contribution in [1.29, 1.82) is 0 Å². The lowest BCUT2D eigenvalue weighted by atomic mass is 10.0. The zero-order valence-electron chi connectivity index (χ0n) is 13.7. The smallest absolute Gasteiger partial charge is 0.255 e. The van der Waals surface area contributed by atoms with Crippen molar-refractivity contribution in [3.8, 4) is 0 Å². The quantitative estimate of drug-likeness (QED) is 0.881. The Hall–Kier alpha value is -1.85. The lowest BCUT2D eigenvalue weighted by molar-refractivity contribution is 0.0851. The summed E-state index contributed by atoms with van der Waals surface area (Å²) < 4.78 is 1.80. The van der Waals surface area contributed by atoms with Crippen LogP contribution in [0.1, 0.15) is 54.5 Å². The Morgan fingerprint density at radius 3 is 2.39 bits per heavy atom. The SMILES string of the molecule is Cc1c(C(=O)NC(C)C(O)c2ccc(Cl)cc2)cnn1C(C)C. The van der Waals surface area contributed by atoms with E-state index in [9.17, 15) is 9.90 Å². The fourth-order valence-corrected chi connectivity index (χ4v) is 2.61. The number of aliphatic hydroxyl groups is 1. The number of aliphatic hydroxyl groups excluding tert-OH is 1. The molecule has 0 spiro atoms. The van der Waals surface area contributed by atoms with Crippen molar-refractivity contribution in [2.45, 2.75) is 45.9 Å². The molecule has 0 aliphatic rings. The summed E-state index contributed by atoms with van der Waals surface area (Å²) in [5.41, 5.74) is 2.04. The van der Waals surface area contributed by atoms with Gasteiger partial charge < -0.3 is 10.4 Å². The Morgan fingerprint density at radius 2 is 1.87 bits per heavy atom. The van der Waals surface area contributed by atoms with Crippen LogP contribution in [0.15, 0.2) is 30.5 Å². The second-order valence-corrected chi connectivity index (χ2v) is 6.38. The van der Waals surface area contributed by atoms with Crippen LogP contribution in [0, 0.1) is 6.92 Å². The Bertz CT molecular complexity index is 680. The third-order valence-electron chi connectivity index (χ3n) is 3.82. The molecular weight excluding hydrogens is 314 g/mol. The number of carbonyl (C=O) groups excluding carboxylic acids is 1. The van der Waals surface area contributed by atoms with E-state index in [1.807, 2.05) is 20.8 Å².